The molecule has 172 valence electrons. The van der Waals surface area contributed by atoms with E-state index in [0.29, 0.717) is 43.1 Å². The van der Waals surface area contributed by atoms with Crippen molar-refractivity contribution >= 4 is 11.8 Å². The van der Waals surface area contributed by atoms with Crippen molar-refractivity contribution in [1.29, 1.82) is 0 Å². The maximum atomic E-state index is 13.0. The van der Waals surface area contributed by atoms with Crippen LogP contribution in [0.25, 0.3) is 0 Å². The number of nitrogens with zero attached hydrogens (tertiary/aromatic N) is 4. The Bertz CT molecular complexity index is 1200. The lowest BCUT2D eigenvalue weighted by Gasteiger charge is -2.30. The molecule has 1 aliphatic heterocycles. The van der Waals surface area contributed by atoms with E-state index in [4.69, 9.17) is 4.74 Å². The number of nitrogens with one attached hydrogen (secondary N) is 1. The number of carbonyl (C=O) groups is 2. The number of fused-ring (bicyclic) bond motifs is 1. The average Bonchev–Trinajstić information content (AvgIpc) is 3.23. The smallest absolute Gasteiger partial charge is 0.269 e. The zero-order chi connectivity index (χ0) is 23.5. The molecule has 0 saturated carbocycles. The molecule has 1 aliphatic rings. The second-order valence-corrected chi connectivity index (χ2v) is 8.22. The first-order valence-electron chi connectivity index (χ1n) is 11.1. The van der Waals surface area contributed by atoms with Crippen LogP contribution in [0, 0.1) is 6.92 Å². The quantitative estimate of drug-likeness (QED) is 0.628. The molecule has 3 aromatic rings. The summed E-state index contributed by atoms with van der Waals surface area (Å²) in [5.41, 5.74) is 6.12. The molecule has 0 aliphatic carbocycles. The third-order valence-electron chi connectivity index (χ3n) is 6.15. The fourth-order valence-corrected chi connectivity index (χ4v) is 4.24. The summed E-state index contributed by atoms with van der Waals surface area (Å²) in [6.07, 6.45) is 3.34. The highest BCUT2D eigenvalue weighted by Gasteiger charge is 2.25. The van der Waals surface area contributed by atoms with E-state index in [1.807, 2.05) is 43.1 Å². The van der Waals surface area contributed by atoms with Gasteiger partial charge in [-0.15, -0.1) is 0 Å². The van der Waals surface area contributed by atoms with Gasteiger partial charge in [0, 0.05) is 44.1 Å². The Kier molecular flexibility index (Phi) is 6.44. The molecule has 8 nitrogen and oxygen atoms in total. The zero-order valence-electron chi connectivity index (χ0n) is 19.5. The molecular weight excluding hydrogens is 418 g/mol. The van der Waals surface area contributed by atoms with Gasteiger partial charge in [-0.25, -0.2) is 0 Å². The molecule has 0 radical (unpaired) electrons. The van der Waals surface area contributed by atoms with Gasteiger partial charge in [0.2, 0.25) is 0 Å². The van der Waals surface area contributed by atoms with Crippen LogP contribution < -0.4 is 10.1 Å². The van der Waals surface area contributed by atoms with E-state index in [2.05, 4.69) is 15.4 Å². The molecule has 33 heavy (non-hydrogen) atoms. The highest BCUT2D eigenvalue weighted by Crippen LogP contribution is 2.25. The SMILES string of the molecule is CCc1cc(C(=O)NCc2c(C)ncc3c2CCN(C(=O)c2cccc(OC)c2)C3)n(C)n1. The predicted octanol–water partition coefficient (Wildman–Crippen LogP) is 2.82. The number of pyridine rings is 1. The molecule has 0 unspecified atom stereocenters. The van der Waals surface area contributed by atoms with E-state index >= 15 is 0 Å². The highest BCUT2D eigenvalue weighted by molar-refractivity contribution is 5.95. The van der Waals surface area contributed by atoms with E-state index in [9.17, 15) is 9.59 Å². The van der Waals surface area contributed by atoms with Gasteiger partial charge < -0.3 is 15.0 Å². The van der Waals surface area contributed by atoms with Gasteiger partial charge in [0.1, 0.15) is 11.4 Å². The number of rotatable bonds is 6. The second kappa shape index (κ2) is 9.44. The number of ether oxygens (including phenoxy) is 1. The van der Waals surface area contributed by atoms with Crippen molar-refractivity contribution in [2.45, 2.75) is 39.8 Å². The number of methoxy groups -OCH3 is 1. The van der Waals surface area contributed by atoms with E-state index in [1.165, 1.54) is 0 Å². The number of aryl methyl sites for hydroxylation is 3. The van der Waals surface area contributed by atoms with Crippen molar-refractivity contribution < 1.29 is 14.3 Å². The van der Waals surface area contributed by atoms with E-state index < -0.39 is 0 Å². The van der Waals surface area contributed by atoms with Gasteiger partial charge in [-0.1, -0.05) is 13.0 Å². The fourth-order valence-electron chi connectivity index (χ4n) is 4.24. The summed E-state index contributed by atoms with van der Waals surface area (Å²) >= 11 is 0. The van der Waals surface area contributed by atoms with Gasteiger partial charge in [0.05, 0.1) is 12.8 Å². The molecular formula is C25H29N5O3. The van der Waals surface area contributed by atoms with Crippen molar-refractivity contribution in [1.82, 2.24) is 25.0 Å². The molecule has 0 saturated heterocycles. The molecule has 8 heteroatoms. The number of carbonyl (C=O) groups excluding carboxylic acids is 2. The van der Waals surface area contributed by atoms with E-state index in [0.717, 1.165) is 34.5 Å². The van der Waals surface area contributed by atoms with Crippen LogP contribution in [-0.4, -0.2) is 45.1 Å². The summed E-state index contributed by atoms with van der Waals surface area (Å²) < 4.78 is 6.86. The number of benzene rings is 1. The first kappa shape index (κ1) is 22.5. The zero-order valence-corrected chi connectivity index (χ0v) is 19.5. The molecule has 0 fully saturated rings. The topological polar surface area (TPSA) is 89.4 Å². The summed E-state index contributed by atoms with van der Waals surface area (Å²) in [5.74, 6) is 0.471. The lowest BCUT2D eigenvalue weighted by molar-refractivity contribution is 0.0733. The van der Waals surface area contributed by atoms with Gasteiger partial charge in [-0.3, -0.25) is 19.3 Å². The Labute approximate surface area is 193 Å². The van der Waals surface area contributed by atoms with Crippen molar-refractivity contribution in [3.8, 4) is 5.75 Å². The van der Waals surface area contributed by atoms with Gasteiger partial charge in [0.15, 0.2) is 0 Å². The Hall–Kier alpha value is -3.68. The summed E-state index contributed by atoms with van der Waals surface area (Å²) in [4.78, 5) is 32.2. The first-order chi connectivity index (χ1) is 15.9. The lowest BCUT2D eigenvalue weighted by Crippen LogP contribution is -2.37. The van der Waals surface area contributed by atoms with Crippen molar-refractivity contribution in [3.05, 3.63) is 75.9 Å². The number of hydrogen-bond donors (Lipinski definition) is 1. The van der Waals surface area contributed by atoms with Crippen LogP contribution in [0.15, 0.2) is 36.5 Å². The summed E-state index contributed by atoms with van der Waals surface area (Å²) in [5, 5.41) is 7.37. The molecule has 4 rings (SSSR count). The van der Waals surface area contributed by atoms with Crippen molar-refractivity contribution in [3.63, 3.8) is 0 Å². The van der Waals surface area contributed by atoms with Gasteiger partial charge in [0.25, 0.3) is 11.8 Å². The Morgan fingerprint density at radius 2 is 2.06 bits per heavy atom. The first-order valence-corrected chi connectivity index (χ1v) is 11.1. The van der Waals surface area contributed by atoms with Crippen LogP contribution in [0.5, 0.6) is 5.75 Å². The van der Waals surface area contributed by atoms with Gasteiger partial charge in [-0.05, 0) is 60.7 Å². The van der Waals surface area contributed by atoms with Gasteiger partial charge >= 0.3 is 0 Å². The average molecular weight is 448 g/mol. The Balaban J connectivity index is 1.50. The minimum atomic E-state index is -0.160. The standard InChI is InChI=1S/C25H29N5O3/c1-5-19-12-23(29(3)28-19)24(31)27-14-22-16(2)26-13-18-15-30(10-9-21(18)22)25(32)17-7-6-8-20(11-17)33-4/h6-8,11-13H,5,9-10,14-15H2,1-4H3,(H,27,31). The van der Waals surface area contributed by atoms with Crippen molar-refractivity contribution in [2.24, 2.45) is 7.05 Å². The third kappa shape index (κ3) is 4.60. The largest absolute Gasteiger partial charge is 0.497 e. The minimum absolute atomic E-state index is 0.0297. The maximum absolute atomic E-state index is 13.0. The summed E-state index contributed by atoms with van der Waals surface area (Å²) in [6.45, 7) is 5.44. The van der Waals surface area contributed by atoms with Crippen LogP contribution in [0.1, 0.15) is 55.8 Å². The normalized spacial score (nSPS) is 12.9. The molecule has 1 aromatic carbocycles. The highest BCUT2D eigenvalue weighted by atomic mass is 16.5. The molecule has 1 N–H and O–H groups in total. The fraction of sp³-hybridized carbons (Fsp3) is 0.360. The van der Waals surface area contributed by atoms with E-state index in [-0.39, 0.29) is 11.8 Å². The van der Waals surface area contributed by atoms with Crippen LogP contribution in [0.4, 0.5) is 0 Å². The van der Waals surface area contributed by atoms with Crippen LogP contribution >= 0.6 is 0 Å². The Morgan fingerprint density at radius 1 is 1.24 bits per heavy atom. The maximum Gasteiger partial charge on any atom is 0.269 e. The predicted molar refractivity (Wildman–Crippen MR) is 124 cm³/mol. The Morgan fingerprint density at radius 3 is 2.79 bits per heavy atom. The van der Waals surface area contributed by atoms with Gasteiger partial charge in [-0.2, -0.15) is 5.10 Å². The number of hydrogen-bond acceptors (Lipinski definition) is 5. The second-order valence-electron chi connectivity index (χ2n) is 8.22. The third-order valence-corrected chi connectivity index (χ3v) is 6.15. The monoisotopic (exact) mass is 447 g/mol. The number of amides is 2. The molecule has 2 amide bonds. The van der Waals surface area contributed by atoms with E-state index in [1.54, 1.807) is 31.0 Å². The molecule has 0 spiro atoms. The molecule has 3 heterocycles. The summed E-state index contributed by atoms with van der Waals surface area (Å²) in [6, 6.07) is 9.03. The van der Waals surface area contributed by atoms with Crippen LogP contribution in [0.2, 0.25) is 0 Å². The molecule has 0 bridgehead atoms. The number of aromatic nitrogens is 3. The molecule has 2 aromatic heterocycles. The summed E-state index contributed by atoms with van der Waals surface area (Å²) in [7, 11) is 3.37. The van der Waals surface area contributed by atoms with Crippen LogP contribution in [-0.2, 0) is 33.0 Å². The van der Waals surface area contributed by atoms with Crippen molar-refractivity contribution in [2.75, 3.05) is 13.7 Å². The minimum Gasteiger partial charge on any atom is -0.497 e. The molecule has 0 atom stereocenters. The lowest BCUT2D eigenvalue weighted by atomic mass is 9.94. The van der Waals surface area contributed by atoms with Crippen LogP contribution in [0.3, 0.4) is 0 Å².